The topological polar surface area (TPSA) is 71.5 Å². The largest absolute Gasteiger partial charge is 0.481 e. The number of carbonyl (C=O) groups excluding carboxylic acids is 1. The monoisotopic (exact) mass is 326 g/mol. The van der Waals surface area contributed by atoms with Crippen LogP contribution in [0.5, 0.6) is 5.88 Å². The van der Waals surface area contributed by atoms with Gasteiger partial charge >= 0.3 is 0 Å². The van der Waals surface area contributed by atoms with Gasteiger partial charge in [-0.05, 0) is 29.9 Å². The lowest BCUT2D eigenvalue weighted by Gasteiger charge is -2.38. The summed E-state index contributed by atoms with van der Waals surface area (Å²) < 4.78 is 5.09. The predicted octanol–water partition coefficient (Wildman–Crippen LogP) is 2.26. The van der Waals surface area contributed by atoms with Crippen LogP contribution in [0, 0.1) is 5.92 Å². The molecule has 24 heavy (non-hydrogen) atoms. The molecule has 1 fully saturated rings. The summed E-state index contributed by atoms with van der Waals surface area (Å²) in [6.07, 6.45) is 3.20. The molecule has 2 N–H and O–H groups in total. The van der Waals surface area contributed by atoms with Crippen molar-refractivity contribution in [1.82, 2.24) is 10.3 Å². The first-order valence-electron chi connectivity index (χ1n) is 8.17. The number of hydrogen-bond acceptors (Lipinski definition) is 4. The third-order valence-corrected chi connectivity index (χ3v) is 4.47. The second-order valence-electron chi connectivity index (χ2n) is 6.23. The van der Waals surface area contributed by atoms with Crippen molar-refractivity contribution < 1.29 is 14.6 Å². The van der Waals surface area contributed by atoms with Crippen LogP contribution < -0.4 is 10.1 Å². The van der Waals surface area contributed by atoms with Crippen LogP contribution in [-0.4, -0.2) is 29.2 Å². The maximum absolute atomic E-state index is 12.4. The molecule has 1 aromatic heterocycles. The number of nitrogens with one attached hydrogen (secondary N) is 1. The molecule has 5 heteroatoms. The summed E-state index contributed by atoms with van der Waals surface area (Å²) in [7, 11) is 1.57. The van der Waals surface area contributed by atoms with E-state index in [9.17, 15) is 9.90 Å². The van der Waals surface area contributed by atoms with Crippen molar-refractivity contribution in [1.29, 1.82) is 0 Å². The summed E-state index contributed by atoms with van der Waals surface area (Å²) in [6, 6.07) is 13.2. The molecule has 1 aliphatic rings. The molecule has 0 saturated heterocycles. The quantitative estimate of drug-likeness (QED) is 0.854. The first-order chi connectivity index (χ1) is 11.7. The SMILES string of the molecule is COc1ccc(C(NC(=O)Cc2ccccc2)C2CC(O)C2)cn1. The van der Waals surface area contributed by atoms with Gasteiger partial charge in [0.15, 0.2) is 0 Å². The summed E-state index contributed by atoms with van der Waals surface area (Å²) in [5.41, 5.74) is 1.92. The molecule has 1 heterocycles. The highest BCUT2D eigenvalue weighted by molar-refractivity contribution is 5.79. The number of benzene rings is 1. The number of aliphatic hydroxyl groups excluding tert-OH is 1. The number of amides is 1. The fourth-order valence-electron chi connectivity index (χ4n) is 3.08. The molecule has 5 nitrogen and oxygen atoms in total. The maximum Gasteiger partial charge on any atom is 0.224 e. The average molecular weight is 326 g/mol. The van der Waals surface area contributed by atoms with Crippen LogP contribution >= 0.6 is 0 Å². The van der Waals surface area contributed by atoms with Crippen LogP contribution in [0.15, 0.2) is 48.7 Å². The van der Waals surface area contributed by atoms with E-state index in [1.165, 1.54) is 0 Å². The zero-order valence-electron chi connectivity index (χ0n) is 13.7. The first-order valence-corrected chi connectivity index (χ1v) is 8.17. The van der Waals surface area contributed by atoms with Crippen molar-refractivity contribution in [2.45, 2.75) is 31.4 Å². The highest BCUT2D eigenvalue weighted by Crippen LogP contribution is 2.38. The average Bonchev–Trinajstić information content (AvgIpc) is 2.58. The van der Waals surface area contributed by atoms with E-state index in [2.05, 4.69) is 10.3 Å². The van der Waals surface area contributed by atoms with E-state index in [1.807, 2.05) is 36.4 Å². The van der Waals surface area contributed by atoms with Crippen LogP contribution in [0.2, 0.25) is 0 Å². The highest BCUT2D eigenvalue weighted by Gasteiger charge is 2.35. The fraction of sp³-hybridized carbons (Fsp3) is 0.368. The molecule has 3 rings (SSSR count). The molecule has 1 atom stereocenters. The molecule has 1 unspecified atom stereocenters. The lowest BCUT2D eigenvalue weighted by atomic mass is 9.75. The van der Waals surface area contributed by atoms with Gasteiger partial charge in [-0.25, -0.2) is 4.98 Å². The maximum atomic E-state index is 12.4. The number of methoxy groups -OCH3 is 1. The number of nitrogens with zero attached hydrogens (tertiary/aromatic N) is 1. The van der Waals surface area contributed by atoms with Crippen LogP contribution in [0.1, 0.15) is 30.0 Å². The number of ether oxygens (including phenoxy) is 1. The van der Waals surface area contributed by atoms with Crippen molar-refractivity contribution >= 4 is 5.91 Å². The van der Waals surface area contributed by atoms with E-state index in [0.29, 0.717) is 25.1 Å². The van der Waals surface area contributed by atoms with Crippen LogP contribution in [0.25, 0.3) is 0 Å². The van der Waals surface area contributed by atoms with Crippen molar-refractivity contribution in [2.24, 2.45) is 5.92 Å². The standard InChI is InChI=1S/C19H22N2O3/c1-24-18-8-7-14(12-20-18)19(15-10-16(22)11-15)21-17(23)9-13-5-3-2-4-6-13/h2-8,12,15-16,19,22H,9-11H2,1H3,(H,21,23). The third-order valence-electron chi connectivity index (χ3n) is 4.47. The van der Waals surface area contributed by atoms with Crippen LogP contribution in [0.4, 0.5) is 0 Å². The highest BCUT2D eigenvalue weighted by atomic mass is 16.5. The predicted molar refractivity (Wildman–Crippen MR) is 90.5 cm³/mol. The zero-order chi connectivity index (χ0) is 16.9. The zero-order valence-corrected chi connectivity index (χ0v) is 13.7. The number of aromatic nitrogens is 1. The molecule has 126 valence electrons. The number of aliphatic hydroxyl groups is 1. The molecule has 2 aromatic rings. The van der Waals surface area contributed by atoms with Crippen molar-refractivity contribution in [3.63, 3.8) is 0 Å². The molecule has 0 radical (unpaired) electrons. The van der Waals surface area contributed by atoms with Gasteiger partial charge in [0.25, 0.3) is 0 Å². The van der Waals surface area contributed by atoms with Crippen molar-refractivity contribution in [2.75, 3.05) is 7.11 Å². The number of hydrogen-bond donors (Lipinski definition) is 2. The van der Waals surface area contributed by atoms with Gasteiger partial charge in [-0.1, -0.05) is 36.4 Å². The number of carbonyl (C=O) groups is 1. The van der Waals surface area contributed by atoms with E-state index in [4.69, 9.17) is 4.74 Å². The van der Waals surface area contributed by atoms with Gasteiger partial charge in [-0.15, -0.1) is 0 Å². The van der Waals surface area contributed by atoms with Crippen LogP contribution in [0.3, 0.4) is 0 Å². The number of pyridine rings is 1. The summed E-state index contributed by atoms with van der Waals surface area (Å²) in [5.74, 6) is 0.750. The minimum Gasteiger partial charge on any atom is -0.481 e. The summed E-state index contributed by atoms with van der Waals surface area (Å²) in [4.78, 5) is 16.7. The second kappa shape index (κ2) is 7.45. The van der Waals surface area contributed by atoms with Crippen molar-refractivity contribution in [3.8, 4) is 5.88 Å². The first kappa shape index (κ1) is 16.5. The fourth-order valence-corrected chi connectivity index (χ4v) is 3.08. The van der Waals surface area contributed by atoms with E-state index in [-0.39, 0.29) is 24.0 Å². The van der Waals surface area contributed by atoms with Gasteiger partial charge in [0.05, 0.1) is 25.7 Å². The van der Waals surface area contributed by atoms with E-state index < -0.39 is 0 Å². The Labute approximate surface area is 141 Å². The lowest BCUT2D eigenvalue weighted by Crippen LogP contribution is -2.41. The van der Waals surface area contributed by atoms with E-state index in [1.54, 1.807) is 19.4 Å². The van der Waals surface area contributed by atoms with Crippen LogP contribution in [-0.2, 0) is 11.2 Å². The Hall–Kier alpha value is -2.40. The molecular weight excluding hydrogens is 304 g/mol. The van der Waals surface area contributed by atoms with Crippen molar-refractivity contribution in [3.05, 3.63) is 59.8 Å². The molecule has 0 spiro atoms. The molecule has 0 bridgehead atoms. The second-order valence-corrected chi connectivity index (χ2v) is 6.23. The Kier molecular flexibility index (Phi) is 5.11. The minimum absolute atomic E-state index is 0.0246. The smallest absolute Gasteiger partial charge is 0.224 e. The number of rotatable bonds is 6. The Bertz CT molecular complexity index is 667. The minimum atomic E-state index is -0.269. The van der Waals surface area contributed by atoms with Gasteiger partial charge < -0.3 is 15.2 Å². The third kappa shape index (κ3) is 3.92. The summed E-state index contributed by atoms with van der Waals surface area (Å²) in [6.45, 7) is 0. The van der Waals surface area contributed by atoms with E-state index >= 15 is 0 Å². The Morgan fingerprint density at radius 2 is 2.04 bits per heavy atom. The van der Waals surface area contributed by atoms with Gasteiger partial charge in [-0.3, -0.25) is 4.79 Å². The van der Waals surface area contributed by atoms with Gasteiger partial charge in [0.2, 0.25) is 11.8 Å². The van der Waals surface area contributed by atoms with Gasteiger partial charge in [0, 0.05) is 12.3 Å². The summed E-state index contributed by atoms with van der Waals surface area (Å²) in [5, 5.41) is 12.7. The molecular formula is C19H22N2O3. The molecule has 1 aliphatic carbocycles. The summed E-state index contributed by atoms with van der Waals surface area (Å²) >= 11 is 0. The molecule has 0 aliphatic heterocycles. The van der Waals surface area contributed by atoms with Gasteiger partial charge in [-0.2, -0.15) is 0 Å². The Morgan fingerprint density at radius 1 is 1.29 bits per heavy atom. The normalized spacial score (nSPS) is 20.8. The molecule has 1 aromatic carbocycles. The Balaban J connectivity index is 1.71. The van der Waals surface area contributed by atoms with Gasteiger partial charge in [0.1, 0.15) is 0 Å². The lowest BCUT2D eigenvalue weighted by molar-refractivity contribution is -0.122. The van der Waals surface area contributed by atoms with E-state index in [0.717, 1.165) is 11.1 Å². The molecule has 1 saturated carbocycles. The molecule has 1 amide bonds. The Morgan fingerprint density at radius 3 is 2.62 bits per heavy atom.